The summed E-state index contributed by atoms with van der Waals surface area (Å²) in [7, 11) is 5.31. The predicted molar refractivity (Wildman–Crippen MR) is 145 cm³/mol. The topological polar surface area (TPSA) is 103 Å². The van der Waals surface area contributed by atoms with Gasteiger partial charge in [0.2, 0.25) is 5.95 Å². The van der Waals surface area contributed by atoms with Crippen molar-refractivity contribution >= 4 is 33.7 Å². The monoisotopic (exact) mass is 496 g/mol. The maximum Gasteiger partial charge on any atom is 0.333 e. The molecule has 5 aromatic rings. The first kappa shape index (κ1) is 23.1. The van der Waals surface area contributed by atoms with Crippen molar-refractivity contribution in [3.63, 3.8) is 0 Å². The van der Waals surface area contributed by atoms with Crippen LogP contribution in [0, 0.1) is 6.92 Å². The first-order valence-corrected chi connectivity index (χ1v) is 12.2. The van der Waals surface area contributed by atoms with E-state index >= 15 is 0 Å². The molecule has 1 atom stereocenters. The molecule has 6 rings (SSSR count). The lowest BCUT2D eigenvalue weighted by molar-refractivity contribution is 0.121. The lowest BCUT2D eigenvalue weighted by Gasteiger charge is -2.19. The minimum atomic E-state index is -0.144. The van der Waals surface area contributed by atoms with E-state index < -0.39 is 0 Å². The third-order valence-electron chi connectivity index (χ3n) is 7.18. The number of hydrogen-bond acceptors (Lipinski definition) is 8. The molecule has 1 saturated heterocycles. The second kappa shape index (κ2) is 8.97. The lowest BCUT2D eigenvalue weighted by Crippen LogP contribution is -2.24. The molecule has 1 unspecified atom stereocenters. The van der Waals surface area contributed by atoms with Crippen LogP contribution in [0.1, 0.15) is 12.1 Å². The summed E-state index contributed by atoms with van der Waals surface area (Å²) in [5, 5.41) is 3.81. The summed E-state index contributed by atoms with van der Waals surface area (Å²) in [4.78, 5) is 34.0. The second-order valence-electron chi connectivity index (χ2n) is 9.31. The summed E-state index contributed by atoms with van der Waals surface area (Å²) < 4.78 is 8.90. The first-order valence-electron chi connectivity index (χ1n) is 12.2. The Morgan fingerprint density at radius 1 is 1.05 bits per heavy atom. The number of imidazole rings is 1. The number of anilines is 2. The number of nitrogens with zero attached hydrogens (tertiary/aromatic N) is 7. The van der Waals surface area contributed by atoms with E-state index in [2.05, 4.69) is 25.2 Å². The molecule has 1 aliphatic heterocycles. The Bertz CT molecular complexity index is 1690. The summed E-state index contributed by atoms with van der Waals surface area (Å²) in [5.74, 6) is 1.46. The van der Waals surface area contributed by atoms with Crippen molar-refractivity contribution in [1.82, 2.24) is 29.1 Å². The number of fused-ring (bicyclic) bond motifs is 3. The minimum absolute atomic E-state index is 0.144. The highest BCUT2D eigenvalue weighted by molar-refractivity contribution is 6.04. The van der Waals surface area contributed by atoms with Gasteiger partial charge in [-0.3, -0.25) is 14.1 Å². The number of ether oxygens (including phenoxy) is 1. The van der Waals surface area contributed by atoms with Gasteiger partial charge in [0, 0.05) is 57.6 Å². The number of methoxy groups -OCH3 is 1. The van der Waals surface area contributed by atoms with Crippen molar-refractivity contribution in [2.24, 2.45) is 7.05 Å². The zero-order chi connectivity index (χ0) is 25.7. The molecule has 0 amide bonds. The largest absolute Gasteiger partial charge is 0.380 e. The zero-order valence-corrected chi connectivity index (χ0v) is 21.3. The zero-order valence-electron chi connectivity index (χ0n) is 21.3. The molecular formula is C27H28N8O2. The summed E-state index contributed by atoms with van der Waals surface area (Å²) in [5.41, 5.74) is 5.56. The first-order chi connectivity index (χ1) is 18.0. The number of hydrogen-bond donors (Lipinski definition) is 1. The summed E-state index contributed by atoms with van der Waals surface area (Å²) in [6, 6.07) is 9.98. The van der Waals surface area contributed by atoms with Crippen LogP contribution >= 0.6 is 0 Å². The van der Waals surface area contributed by atoms with E-state index in [1.807, 2.05) is 37.3 Å². The molecule has 4 aromatic heterocycles. The van der Waals surface area contributed by atoms with Gasteiger partial charge in [0.25, 0.3) is 0 Å². The van der Waals surface area contributed by atoms with Gasteiger partial charge in [0.05, 0.1) is 40.2 Å². The molecule has 1 N–H and O–H groups in total. The van der Waals surface area contributed by atoms with Crippen molar-refractivity contribution < 1.29 is 4.74 Å². The van der Waals surface area contributed by atoms with Gasteiger partial charge in [0.1, 0.15) is 5.82 Å². The Morgan fingerprint density at radius 2 is 1.86 bits per heavy atom. The molecule has 0 bridgehead atoms. The van der Waals surface area contributed by atoms with Gasteiger partial charge in [-0.05, 0) is 43.2 Å². The van der Waals surface area contributed by atoms with Gasteiger partial charge in [-0.15, -0.1) is 0 Å². The van der Waals surface area contributed by atoms with Crippen LogP contribution in [0.4, 0.5) is 11.8 Å². The molecular weight excluding hydrogens is 468 g/mol. The number of aromatic nitrogens is 6. The minimum Gasteiger partial charge on any atom is -0.380 e. The summed E-state index contributed by atoms with van der Waals surface area (Å²) in [6.45, 7) is 3.66. The van der Waals surface area contributed by atoms with Gasteiger partial charge in [0.15, 0.2) is 0 Å². The molecule has 1 fully saturated rings. The normalized spacial score (nSPS) is 15.7. The fraction of sp³-hybridized carbons (Fsp3) is 0.296. The van der Waals surface area contributed by atoms with E-state index in [0.29, 0.717) is 5.95 Å². The Labute approximate surface area is 213 Å². The van der Waals surface area contributed by atoms with Crippen LogP contribution < -0.4 is 15.9 Å². The van der Waals surface area contributed by atoms with Crippen molar-refractivity contribution in [3.8, 4) is 16.8 Å². The lowest BCUT2D eigenvalue weighted by atomic mass is 10.1. The van der Waals surface area contributed by atoms with Crippen LogP contribution in [0.25, 0.3) is 38.8 Å². The fourth-order valence-electron chi connectivity index (χ4n) is 5.09. The molecule has 5 heterocycles. The molecule has 10 nitrogen and oxygen atoms in total. The second-order valence-corrected chi connectivity index (χ2v) is 9.31. The third kappa shape index (κ3) is 3.80. The molecule has 0 radical (unpaired) electrons. The van der Waals surface area contributed by atoms with Gasteiger partial charge in [-0.2, -0.15) is 0 Å². The van der Waals surface area contributed by atoms with E-state index in [1.165, 1.54) is 0 Å². The molecule has 37 heavy (non-hydrogen) atoms. The summed E-state index contributed by atoms with van der Waals surface area (Å²) >= 11 is 0. The average molecular weight is 497 g/mol. The van der Waals surface area contributed by atoms with Crippen LogP contribution in [-0.4, -0.2) is 62.4 Å². The van der Waals surface area contributed by atoms with Gasteiger partial charge in [-0.25, -0.2) is 19.7 Å². The molecule has 0 aliphatic carbocycles. The van der Waals surface area contributed by atoms with Gasteiger partial charge >= 0.3 is 5.69 Å². The highest BCUT2D eigenvalue weighted by Crippen LogP contribution is 2.31. The standard InChI is InChI=1S/C27H28N8O2/c1-16-22(7-8-24(32-16)34-10-9-19(15-34)37-4)35-25-20-11-17(18-12-30-26(28-2)31-13-18)5-6-21(20)29-14-23(25)33(3)27(35)36/h5-8,11-14,19H,9-10,15H2,1-4H3,(H,28,30,31). The Balaban J connectivity index is 1.52. The maximum absolute atomic E-state index is 13.5. The van der Waals surface area contributed by atoms with Crippen LogP contribution in [0.2, 0.25) is 0 Å². The Morgan fingerprint density at radius 3 is 2.57 bits per heavy atom. The number of benzene rings is 1. The molecule has 1 aromatic carbocycles. The van der Waals surface area contributed by atoms with Crippen molar-refractivity contribution in [1.29, 1.82) is 0 Å². The number of pyridine rings is 2. The molecule has 10 heteroatoms. The van der Waals surface area contributed by atoms with Gasteiger partial charge < -0.3 is 15.0 Å². The van der Waals surface area contributed by atoms with E-state index in [0.717, 1.165) is 69.8 Å². The molecule has 1 aliphatic rings. The van der Waals surface area contributed by atoms with E-state index in [1.54, 1.807) is 48.9 Å². The maximum atomic E-state index is 13.5. The third-order valence-corrected chi connectivity index (χ3v) is 7.18. The van der Waals surface area contributed by atoms with Crippen LogP contribution in [0.3, 0.4) is 0 Å². The van der Waals surface area contributed by atoms with Crippen LogP contribution in [0.15, 0.2) is 53.7 Å². The van der Waals surface area contributed by atoms with Crippen molar-refractivity contribution in [3.05, 3.63) is 65.1 Å². The fourth-order valence-corrected chi connectivity index (χ4v) is 5.09. The highest BCUT2D eigenvalue weighted by atomic mass is 16.5. The summed E-state index contributed by atoms with van der Waals surface area (Å²) in [6.07, 6.45) is 6.52. The molecule has 188 valence electrons. The molecule has 0 saturated carbocycles. The SMILES string of the molecule is CNc1ncc(-c2ccc3ncc4c(c3c2)n(-c2ccc(N3CCC(OC)C3)nc2C)c(=O)n4C)cn1. The van der Waals surface area contributed by atoms with E-state index in [4.69, 9.17) is 9.72 Å². The predicted octanol–water partition coefficient (Wildman–Crippen LogP) is 3.30. The quantitative estimate of drug-likeness (QED) is 0.395. The van der Waals surface area contributed by atoms with Gasteiger partial charge in [-0.1, -0.05) is 6.07 Å². The Kier molecular flexibility index (Phi) is 5.60. The average Bonchev–Trinajstić information content (AvgIpc) is 3.51. The number of aryl methyl sites for hydroxylation is 2. The van der Waals surface area contributed by atoms with E-state index in [9.17, 15) is 4.79 Å². The Hall–Kier alpha value is -4.31. The van der Waals surface area contributed by atoms with Crippen molar-refractivity contribution in [2.45, 2.75) is 19.4 Å². The number of rotatable bonds is 5. The van der Waals surface area contributed by atoms with Crippen LogP contribution in [-0.2, 0) is 11.8 Å². The molecule has 0 spiro atoms. The number of nitrogens with one attached hydrogen (secondary N) is 1. The van der Waals surface area contributed by atoms with Crippen LogP contribution in [0.5, 0.6) is 0 Å². The van der Waals surface area contributed by atoms with Crippen molar-refractivity contribution in [2.75, 3.05) is 37.5 Å². The highest BCUT2D eigenvalue weighted by Gasteiger charge is 2.24. The van der Waals surface area contributed by atoms with E-state index in [-0.39, 0.29) is 11.8 Å². The smallest absolute Gasteiger partial charge is 0.333 e.